The zero-order valence-corrected chi connectivity index (χ0v) is 17.1. The van der Waals surface area contributed by atoms with Gasteiger partial charge >= 0.3 is 12.1 Å². The number of hydrogen-bond donors (Lipinski definition) is 2. The minimum Gasteiger partial charge on any atom is -0.481 e. The van der Waals surface area contributed by atoms with E-state index in [1.165, 1.54) is 0 Å². The molecule has 7 heteroatoms. The summed E-state index contributed by atoms with van der Waals surface area (Å²) in [7, 11) is 0. The monoisotopic (exact) mass is 390 g/mol. The number of aliphatic carboxylic acids is 1. The fourth-order valence-electron chi connectivity index (χ4n) is 3.42. The summed E-state index contributed by atoms with van der Waals surface area (Å²) in [5.41, 5.74) is 0.223. The van der Waals surface area contributed by atoms with E-state index in [2.05, 4.69) is 5.32 Å². The number of ether oxygens (including phenoxy) is 1. The van der Waals surface area contributed by atoms with Crippen LogP contribution in [-0.4, -0.2) is 52.7 Å². The molecule has 3 atom stereocenters. The molecule has 0 bridgehead atoms. The summed E-state index contributed by atoms with van der Waals surface area (Å²) in [6, 6.07) is 8.58. The van der Waals surface area contributed by atoms with Crippen LogP contribution in [0.1, 0.15) is 46.1 Å². The van der Waals surface area contributed by atoms with Gasteiger partial charge in [0.25, 0.3) is 0 Å². The third kappa shape index (κ3) is 5.47. The number of carboxylic acids is 1. The molecule has 0 spiro atoms. The SMILES string of the molecule is CC(C)[C@H](NC(=O)OC(C)(C)C)C(=O)N1C[C@@H](C(=O)O)[C@H](c2ccccc2)C1. The van der Waals surface area contributed by atoms with Crippen LogP contribution in [-0.2, 0) is 14.3 Å². The van der Waals surface area contributed by atoms with E-state index in [1.807, 2.05) is 44.2 Å². The van der Waals surface area contributed by atoms with Crippen LogP contribution < -0.4 is 5.32 Å². The van der Waals surface area contributed by atoms with Gasteiger partial charge in [0.15, 0.2) is 0 Å². The van der Waals surface area contributed by atoms with Crippen molar-refractivity contribution >= 4 is 18.0 Å². The van der Waals surface area contributed by atoms with Crippen molar-refractivity contribution in [3.63, 3.8) is 0 Å². The number of rotatable bonds is 5. The summed E-state index contributed by atoms with van der Waals surface area (Å²) in [6.45, 7) is 9.34. The lowest BCUT2D eigenvalue weighted by Gasteiger charge is -2.28. The summed E-state index contributed by atoms with van der Waals surface area (Å²) >= 11 is 0. The van der Waals surface area contributed by atoms with E-state index in [-0.39, 0.29) is 24.3 Å². The molecule has 0 saturated carbocycles. The third-order valence-electron chi connectivity index (χ3n) is 4.78. The Morgan fingerprint density at radius 1 is 1.14 bits per heavy atom. The molecule has 0 aromatic heterocycles. The van der Waals surface area contributed by atoms with Gasteiger partial charge in [-0.05, 0) is 32.3 Å². The first-order valence-corrected chi connectivity index (χ1v) is 9.55. The third-order valence-corrected chi connectivity index (χ3v) is 4.78. The molecule has 2 rings (SSSR count). The molecule has 2 amide bonds. The lowest BCUT2D eigenvalue weighted by atomic mass is 9.89. The lowest BCUT2D eigenvalue weighted by molar-refractivity contribution is -0.142. The summed E-state index contributed by atoms with van der Waals surface area (Å²) in [4.78, 5) is 38.6. The first-order chi connectivity index (χ1) is 13.0. The number of carboxylic acid groups (broad SMARTS) is 1. The van der Waals surface area contributed by atoms with Crippen LogP contribution in [0, 0.1) is 11.8 Å². The Bertz CT molecular complexity index is 711. The van der Waals surface area contributed by atoms with Crippen molar-refractivity contribution in [2.75, 3.05) is 13.1 Å². The summed E-state index contributed by atoms with van der Waals surface area (Å²) in [5.74, 6) is -2.34. The Hall–Kier alpha value is -2.57. The van der Waals surface area contributed by atoms with Crippen LogP contribution >= 0.6 is 0 Å². The zero-order chi connectivity index (χ0) is 21.1. The number of carbonyl (C=O) groups is 3. The number of nitrogens with zero attached hydrogens (tertiary/aromatic N) is 1. The summed E-state index contributed by atoms with van der Waals surface area (Å²) in [5, 5.41) is 12.3. The summed E-state index contributed by atoms with van der Waals surface area (Å²) < 4.78 is 5.27. The van der Waals surface area contributed by atoms with Gasteiger partial charge in [-0.1, -0.05) is 44.2 Å². The molecule has 7 nitrogen and oxygen atoms in total. The van der Waals surface area contributed by atoms with Crippen molar-refractivity contribution in [3.8, 4) is 0 Å². The van der Waals surface area contributed by atoms with Crippen LogP contribution in [0.15, 0.2) is 30.3 Å². The van der Waals surface area contributed by atoms with Crippen molar-refractivity contribution in [1.82, 2.24) is 10.2 Å². The summed E-state index contributed by atoms with van der Waals surface area (Å²) in [6.07, 6.45) is -0.659. The van der Waals surface area contributed by atoms with E-state index < -0.39 is 29.6 Å². The second-order valence-corrected chi connectivity index (χ2v) is 8.57. The maximum Gasteiger partial charge on any atom is 0.408 e. The van der Waals surface area contributed by atoms with Crippen LogP contribution in [0.2, 0.25) is 0 Å². The van der Waals surface area contributed by atoms with Gasteiger partial charge in [-0.15, -0.1) is 0 Å². The minimum atomic E-state index is -0.926. The largest absolute Gasteiger partial charge is 0.481 e. The smallest absolute Gasteiger partial charge is 0.408 e. The molecule has 1 aromatic rings. The Morgan fingerprint density at radius 3 is 2.25 bits per heavy atom. The van der Waals surface area contributed by atoms with Crippen molar-refractivity contribution in [3.05, 3.63) is 35.9 Å². The second kappa shape index (κ2) is 8.63. The normalized spacial score (nSPS) is 20.7. The van der Waals surface area contributed by atoms with Crippen molar-refractivity contribution in [1.29, 1.82) is 0 Å². The highest BCUT2D eigenvalue weighted by atomic mass is 16.6. The predicted molar refractivity (Wildman–Crippen MR) is 105 cm³/mol. The Labute approximate surface area is 166 Å². The second-order valence-electron chi connectivity index (χ2n) is 8.57. The Morgan fingerprint density at radius 2 is 1.75 bits per heavy atom. The minimum absolute atomic E-state index is 0.118. The first kappa shape index (κ1) is 21.7. The van der Waals surface area contributed by atoms with E-state index in [1.54, 1.807) is 25.7 Å². The lowest BCUT2D eigenvalue weighted by Crippen LogP contribution is -2.51. The van der Waals surface area contributed by atoms with E-state index >= 15 is 0 Å². The molecular weight excluding hydrogens is 360 g/mol. The zero-order valence-electron chi connectivity index (χ0n) is 17.1. The molecule has 154 valence electrons. The average Bonchev–Trinajstić information content (AvgIpc) is 3.04. The molecule has 28 heavy (non-hydrogen) atoms. The highest BCUT2D eigenvalue weighted by Crippen LogP contribution is 2.33. The van der Waals surface area contributed by atoms with E-state index in [4.69, 9.17) is 4.74 Å². The molecule has 1 fully saturated rings. The maximum atomic E-state index is 13.1. The number of nitrogens with one attached hydrogen (secondary N) is 1. The quantitative estimate of drug-likeness (QED) is 0.806. The molecular formula is C21H30N2O5. The fraction of sp³-hybridized carbons (Fsp3) is 0.571. The molecule has 2 N–H and O–H groups in total. The molecule has 1 heterocycles. The van der Waals surface area contributed by atoms with E-state index in [9.17, 15) is 19.5 Å². The molecule has 1 saturated heterocycles. The standard InChI is InChI=1S/C21H30N2O5/c1-13(2)17(22-20(27)28-21(3,4)5)18(24)23-11-15(16(12-23)19(25)26)14-9-7-6-8-10-14/h6-10,13,15-17H,11-12H2,1-5H3,(H,22,27)(H,25,26)/t15-,16+,17-/m0/s1. The molecule has 1 aliphatic rings. The highest BCUT2D eigenvalue weighted by Gasteiger charge is 2.42. The fourth-order valence-corrected chi connectivity index (χ4v) is 3.42. The van der Waals surface area contributed by atoms with Crippen LogP contribution in [0.4, 0.5) is 4.79 Å². The molecule has 0 radical (unpaired) electrons. The van der Waals surface area contributed by atoms with E-state index in [0.717, 1.165) is 5.56 Å². The molecule has 1 aliphatic heterocycles. The number of alkyl carbamates (subject to hydrolysis) is 1. The van der Waals surface area contributed by atoms with Crippen molar-refractivity contribution < 1.29 is 24.2 Å². The van der Waals surface area contributed by atoms with Gasteiger partial charge in [-0.2, -0.15) is 0 Å². The number of hydrogen-bond acceptors (Lipinski definition) is 4. The first-order valence-electron chi connectivity index (χ1n) is 9.55. The average molecular weight is 390 g/mol. The van der Waals surface area contributed by atoms with Gasteiger partial charge in [-0.25, -0.2) is 4.79 Å². The topological polar surface area (TPSA) is 95.9 Å². The van der Waals surface area contributed by atoms with Crippen molar-refractivity contribution in [2.24, 2.45) is 11.8 Å². The predicted octanol–water partition coefficient (Wildman–Crippen LogP) is 2.86. The van der Waals surface area contributed by atoms with Crippen molar-refractivity contribution in [2.45, 2.75) is 52.2 Å². The number of likely N-dealkylation sites (tertiary alicyclic amines) is 1. The number of carbonyl (C=O) groups excluding carboxylic acids is 2. The van der Waals surface area contributed by atoms with Gasteiger partial charge in [0.05, 0.1) is 5.92 Å². The van der Waals surface area contributed by atoms with Crippen LogP contribution in [0.3, 0.4) is 0 Å². The van der Waals surface area contributed by atoms with Gasteiger partial charge in [0.1, 0.15) is 11.6 Å². The van der Waals surface area contributed by atoms with Gasteiger partial charge in [0.2, 0.25) is 5.91 Å². The molecule has 0 unspecified atom stereocenters. The molecule has 1 aromatic carbocycles. The van der Waals surface area contributed by atoms with Crippen LogP contribution in [0.5, 0.6) is 0 Å². The highest BCUT2D eigenvalue weighted by molar-refractivity contribution is 5.87. The Kier molecular flexibility index (Phi) is 6.69. The van der Waals surface area contributed by atoms with Crippen LogP contribution in [0.25, 0.3) is 0 Å². The Balaban J connectivity index is 2.16. The van der Waals surface area contributed by atoms with Gasteiger partial charge in [-0.3, -0.25) is 9.59 Å². The molecule has 0 aliphatic carbocycles. The van der Waals surface area contributed by atoms with Gasteiger partial charge in [0, 0.05) is 19.0 Å². The van der Waals surface area contributed by atoms with Gasteiger partial charge < -0.3 is 20.1 Å². The maximum absolute atomic E-state index is 13.1. The number of amides is 2. The van der Waals surface area contributed by atoms with E-state index in [0.29, 0.717) is 6.54 Å². The number of benzene rings is 1.